The van der Waals surface area contributed by atoms with Gasteiger partial charge in [-0.2, -0.15) is 0 Å². The molecule has 0 saturated carbocycles. The van der Waals surface area contributed by atoms with Gasteiger partial charge in [0.25, 0.3) is 0 Å². The first-order chi connectivity index (χ1) is 5.84. The van der Waals surface area contributed by atoms with Gasteiger partial charge in [-0.05, 0) is 31.5 Å². The summed E-state index contributed by atoms with van der Waals surface area (Å²) in [4.78, 5) is 0. The molecule has 1 rings (SSSR count). The van der Waals surface area contributed by atoms with E-state index in [4.69, 9.17) is 4.42 Å². The van der Waals surface area contributed by atoms with Crippen molar-refractivity contribution in [3.63, 3.8) is 0 Å². The largest absolute Gasteiger partial charge is 0.469 e. The van der Waals surface area contributed by atoms with Crippen LogP contribution in [0.25, 0.3) is 0 Å². The van der Waals surface area contributed by atoms with Crippen molar-refractivity contribution < 1.29 is 4.42 Å². The number of hydrogen-bond acceptors (Lipinski definition) is 2. The maximum Gasteiger partial charge on any atom is 0.107 e. The zero-order valence-electron chi connectivity index (χ0n) is 7.89. The van der Waals surface area contributed by atoms with Crippen LogP contribution >= 0.6 is 0 Å². The Hall–Kier alpha value is -0.760. The molecule has 0 aromatic carbocycles. The molecule has 68 valence electrons. The van der Waals surface area contributed by atoms with Gasteiger partial charge in [0.1, 0.15) is 5.76 Å². The molecule has 0 aliphatic heterocycles. The van der Waals surface area contributed by atoms with Gasteiger partial charge in [-0.1, -0.05) is 6.92 Å². The fraction of sp³-hybridized carbons (Fsp3) is 0.600. The highest BCUT2D eigenvalue weighted by atomic mass is 16.3. The summed E-state index contributed by atoms with van der Waals surface area (Å²) in [7, 11) is 0. The van der Waals surface area contributed by atoms with Crippen LogP contribution in [0.1, 0.15) is 24.7 Å². The van der Waals surface area contributed by atoms with E-state index in [2.05, 4.69) is 19.2 Å². The Morgan fingerprint density at radius 3 is 2.83 bits per heavy atom. The number of hydrogen-bond donors (Lipinski definition) is 1. The lowest BCUT2D eigenvalue weighted by molar-refractivity contribution is 0.496. The monoisotopic (exact) mass is 167 g/mol. The minimum atomic E-state index is 0.999. The first-order valence-electron chi connectivity index (χ1n) is 4.58. The van der Waals surface area contributed by atoms with Crippen molar-refractivity contribution in [2.75, 3.05) is 13.1 Å². The van der Waals surface area contributed by atoms with E-state index in [1.54, 1.807) is 6.26 Å². The summed E-state index contributed by atoms with van der Waals surface area (Å²) in [6.07, 6.45) is 3.94. The second-order valence-electron chi connectivity index (χ2n) is 3.03. The lowest BCUT2D eigenvalue weighted by Crippen LogP contribution is -2.17. The molecule has 2 heteroatoms. The fourth-order valence-electron chi connectivity index (χ4n) is 1.16. The average Bonchev–Trinajstić information content (AvgIpc) is 2.46. The van der Waals surface area contributed by atoms with E-state index in [1.807, 2.05) is 6.07 Å². The van der Waals surface area contributed by atoms with Gasteiger partial charge in [-0.3, -0.25) is 0 Å². The molecule has 0 fully saturated rings. The maximum atomic E-state index is 5.30. The highest BCUT2D eigenvalue weighted by Crippen LogP contribution is 2.08. The highest BCUT2D eigenvalue weighted by molar-refractivity contribution is 5.14. The minimum Gasteiger partial charge on any atom is -0.469 e. The molecule has 0 aliphatic rings. The van der Waals surface area contributed by atoms with Gasteiger partial charge in [-0.25, -0.2) is 0 Å². The van der Waals surface area contributed by atoms with Crippen LogP contribution in [0.2, 0.25) is 0 Å². The lowest BCUT2D eigenvalue weighted by atomic mass is 10.2. The van der Waals surface area contributed by atoms with Crippen LogP contribution in [0.5, 0.6) is 0 Å². The van der Waals surface area contributed by atoms with Gasteiger partial charge >= 0.3 is 0 Å². The second kappa shape index (κ2) is 4.99. The van der Waals surface area contributed by atoms with E-state index in [1.165, 1.54) is 12.0 Å². The van der Waals surface area contributed by atoms with E-state index in [9.17, 15) is 0 Å². The Morgan fingerprint density at radius 1 is 1.42 bits per heavy atom. The Morgan fingerprint density at radius 2 is 2.25 bits per heavy atom. The smallest absolute Gasteiger partial charge is 0.107 e. The predicted molar refractivity (Wildman–Crippen MR) is 50.3 cm³/mol. The molecule has 1 aromatic rings. The Labute approximate surface area is 74.0 Å². The number of furan rings is 1. The third-order valence-corrected chi connectivity index (χ3v) is 1.92. The van der Waals surface area contributed by atoms with Crippen LogP contribution in [0, 0.1) is 6.92 Å². The summed E-state index contributed by atoms with van der Waals surface area (Å²) in [5.74, 6) is 1.11. The normalized spacial score (nSPS) is 10.5. The molecule has 0 radical (unpaired) electrons. The molecule has 2 nitrogen and oxygen atoms in total. The Balaban J connectivity index is 2.20. The molecule has 0 aliphatic carbocycles. The van der Waals surface area contributed by atoms with Crippen molar-refractivity contribution >= 4 is 0 Å². The van der Waals surface area contributed by atoms with Gasteiger partial charge in [0.2, 0.25) is 0 Å². The summed E-state index contributed by atoms with van der Waals surface area (Å²) >= 11 is 0. The molecular weight excluding hydrogens is 150 g/mol. The van der Waals surface area contributed by atoms with Crippen molar-refractivity contribution in [1.82, 2.24) is 5.32 Å². The molecule has 0 unspecified atom stereocenters. The molecule has 12 heavy (non-hydrogen) atoms. The molecule has 1 N–H and O–H groups in total. The predicted octanol–water partition coefficient (Wildman–Crippen LogP) is 2.13. The van der Waals surface area contributed by atoms with Crippen LogP contribution < -0.4 is 5.32 Å². The zero-order chi connectivity index (χ0) is 8.81. The van der Waals surface area contributed by atoms with Gasteiger partial charge in [-0.15, -0.1) is 0 Å². The second-order valence-corrected chi connectivity index (χ2v) is 3.03. The first kappa shape index (κ1) is 9.33. The van der Waals surface area contributed by atoms with E-state index >= 15 is 0 Å². The summed E-state index contributed by atoms with van der Waals surface area (Å²) in [5.41, 5.74) is 1.26. The molecule has 0 amide bonds. The molecule has 0 atom stereocenters. The van der Waals surface area contributed by atoms with Crippen LogP contribution in [0.15, 0.2) is 16.7 Å². The topological polar surface area (TPSA) is 25.2 Å². The Kier molecular flexibility index (Phi) is 3.88. The Bertz CT molecular complexity index is 217. The molecular formula is C10H17NO. The van der Waals surface area contributed by atoms with Gasteiger partial charge in [0, 0.05) is 13.0 Å². The van der Waals surface area contributed by atoms with Crippen molar-refractivity contribution in [2.45, 2.75) is 26.7 Å². The molecule has 0 saturated heterocycles. The standard InChI is InChI=1S/C10H17NO/c1-3-6-11-7-4-10-9(2)5-8-12-10/h5,8,11H,3-4,6-7H2,1-2H3. The first-order valence-corrected chi connectivity index (χ1v) is 4.58. The lowest BCUT2D eigenvalue weighted by Gasteiger charge is -2.00. The minimum absolute atomic E-state index is 0.999. The van der Waals surface area contributed by atoms with E-state index in [0.717, 1.165) is 25.3 Å². The molecule has 1 aromatic heterocycles. The number of aryl methyl sites for hydroxylation is 1. The van der Waals surface area contributed by atoms with E-state index in [0.29, 0.717) is 0 Å². The van der Waals surface area contributed by atoms with E-state index < -0.39 is 0 Å². The van der Waals surface area contributed by atoms with Gasteiger partial charge in [0.05, 0.1) is 6.26 Å². The highest BCUT2D eigenvalue weighted by Gasteiger charge is 1.99. The zero-order valence-corrected chi connectivity index (χ0v) is 7.89. The molecule has 0 bridgehead atoms. The summed E-state index contributed by atoms with van der Waals surface area (Å²) in [6.45, 7) is 6.37. The maximum absolute atomic E-state index is 5.30. The quantitative estimate of drug-likeness (QED) is 0.680. The van der Waals surface area contributed by atoms with E-state index in [-0.39, 0.29) is 0 Å². The molecule has 0 spiro atoms. The van der Waals surface area contributed by atoms with Gasteiger partial charge < -0.3 is 9.73 Å². The average molecular weight is 167 g/mol. The SMILES string of the molecule is CCCNCCc1occc1C. The van der Waals surface area contributed by atoms with Crippen LogP contribution in [-0.4, -0.2) is 13.1 Å². The summed E-state index contributed by atoms with van der Waals surface area (Å²) < 4.78 is 5.30. The van der Waals surface area contributed by atoms with Crippen molar-refractivity contribution in [2.24, 2.45) is 0 Å². The number of nitrogens with one attached hydrogen (secondary N) is 1. The van der Waals surface area contributed by atoms with Crippen molar-refractivity contribution in [1.29, 1.82) is 0 Å². The third kappa shape index (κ3) is 2.70. The molecule has 1 heterocycles. The fourth-order valence-corrected chi connectivity index (χ4v) is 1.16. The van der Waals surface area contributed by atoms with Crippen LogP contribution in [0.4, 0.5) is 0 Å². The van der Waals surface area contributed by atoms with Gasteiger partial charge in [0.15, 0.2) is 0 Å². The summed E-state index contributed by atoms with van der Waals surface area (Å²) in [5, 5.41) is 3.34. The van der Waals surface area contributed by atoms with Crippen LogP contribution in [0.3, 0.4) is 0 Å². The van der Waals surface area contributed by atoms with Crippen molar-refractivity contribution in [3.8, 4) is 0 Å². The summed E-state index contributed by atoms with van der Waals surface area (Å²) in [6, 6.07) is 2.01. The number of rotatable bonds is 5. The van der Waals surface area contributed by atoms with Crippen LogP contribution in [-0.2, 0) is 6.42 Å². The van der Waals surface area contributed by atoms with Crippen molar-refractivity contribution in [3.05, 3.63) is 23.7 Å². The third-order valence-electron chi connectivity index (χ3n) is 1.92.